The highest BCUT2D eigenvalue weighted by Gasteiger charge is 2.23. The third-order valence-electron chi connectivity index (χ3n) is 3.25. The highest BCUT2D eigenvalue weighted by molar-refractivity contribution is 5.81. The summed E-state index contributed by atoms with van der Waals surface area (Å²) in [4.78, 5) is 4.70. The number of fused-ring (bicyclic) bond motifs is 1. The maximum absolute atomic E-state index is 9.31. The summed E-state index contributed by atoms with van der Waals surface area (Å²) in [5.74, 6) is 2.27. The third-order valence-corrected chi connectivity index (χ3v) is 3.25. The fourth-order valence-corrected chi connectivity index (χ4v) is 2.35. The van der Waals surface area contributed by atoms with Crippen LogP contribution in [-0.4, -0.2) is 35.5 Å². The molecule has 0 radical (unpaired) electrons. The zero-order valence-electron chi connectivity index (χ0n) is 12.7. The van der Waals surface area contributed by atoms with E-state index >= 15 is 0 Å². The summed E-state index contributed by atoms with van der Waals surface area (Å²) in [5, 5.41) is 9.31. The Hall–Kier alpha value is -1.75. The van der Waals surface area contributed by atoms with Crippen molar-refractivity contribution < 1.29 is 14.6 Å². The Balaban J connectivity index is 2.74. The normalized spacial score (nSPS) is 11.9. The molecule has 1 heterocycles. The molecule has 0 fully saturated rings. The molecule has 0 spiro atoms. The number of imidazole rings is 1. The van der Waals surface area contributed by atoms with Crippen molar-refractivity contribution in [1.29, 1.82) is 0 Å². The second-order valence-corrected chi connectivity index (χ2v) is 5.76. The number of ether oxygens (including phenoxy) is 2. The summed E-state index contributed by atoms with van der Waals surface area (Å²) >= 11 is 0. The van der Waals surface area contributed by atoms with Crippen molar-refractivity contribution in [3.63, 3.8) is 0 Å². The molecule has 0 bridgehead atoms. The average molecular weight is 278 g/mol. The molecule has 0 aliphatic carbocycles. The molecule has 20 heavy (non-hydrogen) atoms. The van der Waals surface area contributed by atoms with Gasteiger partial charge in [-0.15, -0.1) is 0 Å². The van der Waals surface area contributed by atoms with Crippen LogP contribution in [0.1, 0.15) is 26.6 Å². The maximum atomic E-state index is 9.31. The summed E-state index contributed by atoms with van der Waals surface area (Å²) in [6, 6.07) is 3.78. The number of nitrogens with zero attached hydrogens (tertiary/aromatic N) is 2. The van der Waals surface area contributed by atoms with E-state index in [1.54, 1.807) is 14.2 Å². The van der Waals surface area contributed by atoms with Gasteiger partial charge in [0, 0.05) is 24.1 Å². The van der Waals surface area contributed by atoms with Crippen LogP contribution in [0.25, 0.3) is 11.0 Å². The highest BCUT2D eigenvalue weighted by atomic mass is 16.5. The Morgan fingerprint density at radius 3 is 2.25 bits per heavy atom. The lowest BCUT2D eigenvalue weighted by Gasteiger charge is -2.19. The minimum Gasteiger partial charge on any atom is -0.493 e. The molecule has 0 aliphatic heterocycles. The van der Waals surface area contributed by atoms with Crippen LogP contribution in [0.5, 0.6) is 11.5 Å². The van der Waals surface area contributed by atoms with Crippen LogP contribution < -0.4 is 9.47 Å². The fourth-order valence-electron chi connectivity index (χ4n) is 2.35. The summed E-state index contributed by atoms with van der Waals surface area (Å²) < 4.78 is 12.7. The molecule has 0 unspecified atom stereocenters. The molecule has 0 atom stereocenters. The first kappa shape index (κ1) is 14.7. The van der Waals surface area contributed by atoms with E-state index in [0.29, 0.717) is 18.0 Å². The van der Waals surface area contributed by atoms with Crippen molar-refractivity contribution in [2.24, 2.45) is 0 Å². The van der Waals surface area contributed by atoms with Gasteiger partial charge in [-0.25, -0.2) is 4.98 Å². The fraction of sp³-hybridized carbons (Fsp3) is 0.533. The highest BCUT2D eigenvalue weighted by Crippen LogP contribution is 2.34. The summed E-state index contributed by atoms with van der Waals surface area (Å²) in [6.07, 6.45) is 0. The lowest BCUT2D eigenvalue weighted by molar-refractivity contribution is 0.273. The first-order valence-corrected chi connectivity index (χ1v) is 6.66. The Labute approximate surface area is 119 Å². The van der Waals surface area contributed by atoms with Gasteiger partial charge in [-0.1, -0.05) is 20.8 Å². The number of rotatable bonds is 4. The van der Waals surface area contributed by atoms with Crippen molar-refractivity contribution >= 4 is 11.0 Å². The van der Waals surface area contributed by atoms with E-state index in [1.807, 2.05) is 16.7 Å². The van der Waals surface area contributed by atoms with Gasteiger partial charge < -0.3 is 19.1 Å². The van der Waals surface area contributed by atoms with E-state index in [1.165, 1.54) is 0 Å². The smallest absolute Gasteiger partial charge is 0.163 e. The first-order valence-electron chi connectivity index (χ1n) is 6.66. The number of aromatic nitrogens is 2. The van der Waals surface area contributed by atoms with Crippen molar-refractivity contribution in [2.75, 3.05) is 20.8 Å². The zero-order chi connectivity index (χ0) is 14.9. The second-order valence-electron chi connectivity index (χ2n) is 5.76. The van der Waals surface area contributed by atoms with Gasteiger partial charge in [0.2, 0.25) is 0 Å². The van der Waals surface area contributed by atoms with Gasteiger partial charge >= 0.3 is 0 Å². The molecule has 2 rings (SSSR count). The largest absolute Gasteiger partial charge is 0.493 e. The molecular formula is C15H22N2O3. The molecule has 0 saturated heterocycles. The molecule has 1 aromatic heterocycles. The molecule has 2 aromatic rings. The predicted octanol–water partition coefficient (Wildman–Crippen LogP) is 2.34. The van der Waals surface area contributed by atoms with Gasteiger partial charge in [-0.3, -0.25) is 0 Å². The topological polar surface area (TPSA) is 56.5 Å². The van der Waals surface area contributed by atoms with Crippen LogP contribution in [0.15, 0.2) is 12.1 Å². The zero-order valence-corrected chi connectivity index (χ0v) is 12.7. The van der Waals surface area contributed by atoms with Crippen molar-refractivity contribution in [1.82, 2.24) is 9.55 Å². The van der Waals surface area contributed by atoms with Gasteiger partial charge in [0.1, 0.15) is 5.82 Å². The van der Waals surface area contributed by atoms with Gasteiger partial charge in [0.25, 0.3) is 0 Å². The molecular weight excluding hydrogens is 256 g/mol. The first-order chi connectivity index (χ1) is 9.42. The Kier molecular flexibility index (Phi) is 3.90. The lowest BCUT2D eigenvalue weighted by atomic mass is 9.95. The molecule has 1 aromatic carbocycles. The molecule has 5 heteroatoms. The molecule has 110 valence electrons. The Morgan fingerprint density at radius 2 is 1.75 bits per heavy atom. The van der Waals surface area contributed by atoms with E-state index in [-0.39, 0.29) is 12.0 Å². The number of benzene rings is 1. The van der Waals surface area contributed by atoms with Crippen LogP contribution in [0.2, 0.25) is 0 Å². The molecule has 5 nitrogen and oxygen atoms in total. The van der Waals surface area contributed by atoms with Crippen LogP contribution >= 0.6 is 0 Å². The van der Waals surface area contributed by atoms with E-state index in [4.69, 9.17) is 14.5 Å². The van der Waals surface area contributed by atoms with Gasteiger partial charge in [0.05, 0.1) is 31.9 Å². The quantitative estimate of drug-likeness (QED) is 0.932. The minimum atomic E-state index is -0.103. The molecule has 0 aliphatic rings. The van der Waals surface area contributed by atoms with E-state index in [2.05, 4.69) is 20.8 Å². The minimum absolute atomic E-state index is 0.0723. The molecule has 1 N–H and O–H groups in total. The second kappa shape index (κ2) is 5.32. The van der Waals surface area contributed by atoms with Crippen molar-refractivity contribution in [2.45, 2.75) is 32.7 Å². The summed E-state index contributed by atoms with van der Waals surface area (Å²) in [6.45, 7) is 6.91. The number of aliphatic hydroxyl groups is 1. The van der Waals surface area contributed by atoms with Gasteiger partial charge in [0.15, 0.2) is 11.5 Å². The monoisotopic (exact) mass is 278 g/mol. The number of methoxy groups -OCH3 is 2. The standard InChI is InChI=1S/C15H22N2O3/c1-15(2,3)14-16-10-8-12(19-4)13(20-5)9-11(10)17(14)6-7-18/h8-9,18H,6-7H2,1-5H3. The Bertz CT molecular complexity index is 612. The third kappa shape index (κ3) is 2.45. The van der Waals surface area contributed by atoms with Crippen LogP contribution in [0, 0.1) is 0 Å². The summed E-state index contributed by atoms with van der Waals surface area (Å²) in [5.41, 5.74) is 1.69. The Morgan fingerprint density at radius 1 is 1.15 bits per heavy atom. The number of hydrogen-bond acceptors (Lipinski definition) is 4. The predicted molar refractivity (Wildman–Crippen MR) is 78.6 cm³/mol. The molecule has 0 amide bonds. The summed E-state index contributed by atoms with van der Waals surface area (Å²) in [7, 11) is 3.22. The molecule has 0 saturated carbocycles. The van der Waals surface area contributed by atoms with Crippen molar-refractivity contribution in [3.05, 3.63) is 18.0 Å². The number of aliphatic hydroxyl groups excluding tert-OH is 1. The van der Waals surface area contributed by atoms with Crippen LogP contribution in [-0.2, 0) is 12.0 Å². The van der Waals surface area contributed by atoms with Crippen molar-refractivity contribution in [3.8, 4) is 11.5 Å². The van der Waals surface area contributed by atoms with Gasteiger partial charge in [-0.2, -0.15) is 0 Å². The lowest BCUT2D eigenvalue weighted by Crippen LogP contribution is -2.20. The van der Waals surface area contributed by atoms with Gasteiger partial charge in [-0.05, 0) is 0 Å². The average Bonchev–Trinajstić information content (AvgIpc) is 2.75. The SMILES string of the molecule is COc1cc2nc(C(C)(C)C)n(CCO)c2cc1OC. The maximum Gasteiger partial charge on any atom is 0.163 e. The number of hydrogen-bond donors (Lipinski definition) is 1. The van der Waals surface area contributed by atoms with E-state index in [9.17, 15) is 5.11 Å². The van der Waals surface area contributed by atoms with E-state index in [0.717, 1.165) is 16.9 Å². The van der Waals surface area contributed by atoms with Crippen LogP contribution in [0.3, 0.4) is 0 Å². The van der Waals surface area contributed by atoms with Crippen LogP contribution in [0.4, 0.5) is 0 Å². The van der Waals surface area contributed by atoms with E-state index < -0.39 is 0 Å².